The average molecular weight is 209 g/mol. The van der Waals surface area contributed by atoms with Crippen LogP contribution in [-0.4, -0.2) is 23.8 Å². The number of ketones is 1. The lowest BCUT2D eigenvalue weighted by Crippen LogP contribution is -2.09. The van der Waals surface area contributed by atoms with Gasteiger partial charge in [-0.2, -0.15) is 0 Å². The van der Waals surface area contributed by atoms with Crippen LogP contribution in [0.2, 0.25) is 0 Å². The lowest BCUT2D eigenvalue weighted by molar-refractivity contribution is 0.0596. The van der Waals surface area contributed by atoms with E-state index in [-0.39, 0.29) is 11.7 Å². The Morgan fingerprint density at radius 1 is 1.40 bits per heavy atom. The Morgan fingerprint density at radius 2 is 2.00 bits per heavy atom. The first kappa shape index (κ1) is 11.5. The van der Waals surface area contributed by atoms with E-state index in [9.17, 15) is 9.59 Å². The summed E-state index contributed by atoms with van der Waals surface area (Å²) in [6, 6.07) is 0. The Hall–Kier alpha value is -1.58. The highest BCUT2D eigenvalue weighted by molar-refractivity contribution is 6.06. The molecule has 1 heterocycles. The maximum atomic E-state index is 11.5. The van der Waals surface area contributed by atoms with Gasteiger partial charge in [-0.3, -0.25) is 4.79 Å². The van der Waals surface area contributed by atoms with Crippen molar-refractivity contribution < 1.29 is 14.3 Å². The van der Waals surface area contributed by atoms with Gasteiger partial charge >= 0.3 is 5.97 Å². The molecule has 1 aromatic rings. The standard InChI is InChI=1S/C11H15NO3/c1-6(2)10-9(11(14)15-4)8(5-12-10)7(3)13/h5-6,12H,1-4H3. The van der Waals surface area contributed by atoms with Crippen LogP contribution in [0.4, 0.5) is 0 Å². The molecule has 0 aromatic carbocycles. The zero-order chi connectivity index (χ0) is 11.6. The molecule has 0 radical (unpaired) electrons. The molecular formula is C11H15NO3. The van der Waals surface area contributed by atoms with E-state index in [1.165, 1.54) is 14.0 Å². The van der Waals surface area contributed by atoms with E-state index in [1.54, 1.807) is 6.20 Å². The number of Topliss-reactive ketones (excluding diaryl/α,β-unsaturated/α-hetero) is 1. The van der Waals surface area contributed by atoms with Crippen molar-refractivity contribution in [2.75, 3.05) is 7.11 Å². The molecule has 0 unspecified atom stereocenters. The molecule has 4 nitrogen and oxygen atoms in total. The monoisotopic (exact) mass is 209 g/mol. The van der Waals surface area contributed by atoms with Crippen molar-refractivity contribution in [2.24, 2.45) is 0 Å². The molecule has 0 spiro atoms. The van der Waals surface area contributed by atoms with Gasteiger partial charge < -0.3 is 9.72 Å². The molecule has 15 heavy (non-hydrogen) atoms. The minimum absolute atomic E-state index is 0.140. The van der Waals surface area contributed by atoms with Crippen molar-refractivity contribution in [1.29, 1.82) is 0 Å². The van der Waals surface area contributed by atoms with Crippen LogP contribution in [0.5, 0.6) is 0 Å². The summed E-state index contributed by atoms with van der Waals surface area (Å²) in [5, 5.41) is 0. The lowest BCUT2D eigenvalue weighted by Gasteiger charge is -2.06. The van der Waals surface area contributed by atoms with Gasteiger partial charge in [-0.25, -0.2) is 4.79 Å². The fraction of sp³-hybridized carbons (Fsp3) is 0.455. The smallest absolute Gasteiger partial charge is 0.340 e. The van der Waals surface area contributed by atoms with Crippen LogP contribution in [-0.2, 0) is 4.74 Å². The van der Waals surface area contributed by atoms with Crippen LogP contribution in [0, 0.1) is 0 Å². The zero-order valence-electron chi connectivity index (χ0n) is 9.38. The molecule has 0 saturated carbocycles. The van der Waals surface area contributed by atoms with Crippen molar-refractivity contribution >= 4 is 11.8 Å². The normalized spacial score (nSPS) is 10.5. The summed E-state index contributed by atoms with van der Waals surface area (Å²) in [5.74, 6) is -0.462. The first-order valence-corrected chi connectivity index (χ1v) is 4.79. The van der Waals surface area contributed by atoms with E-state index in [0.717, 1.165) is 5.69 Å². The van der Waals surface area contributed by atoms with E-state index in [0.29, 0.717) is 11.1 Å². The van der Waals surface area contributed by atoms with Crippen molar-refractivity contribution in [3.63, 3.8) is 0 Å². The van der Waals surface area contributed by atoms with Gasteiger partial charge in [0.2, 0.25) is 0 Å². The quantitative estimate of drug-likeness (QED) is 0.612. The summed E-state index contributed by atoms with van der Waals surface area (Å²) >= 11 is 0. The molecule has 0 aliphatic rings. The van der Waals surface area contributed by atoms with E-state index in [4.69, 9.17) is 0 Å². The number of esters is 1. The molecule has 0 aliphatic heterocycles. The molecular weight excluding hydrogens is 194 g/mol. The second-order valence-corrected chi connectivity index (χ2v) is 3.69. The Kier molecular flexibility index (Phi) is 3.29. The predicted octanol–water partition coefficient (Wildman–Crippen LogP) is 2.13. The highest BCUT2D eigenvalue weighted by Gasteiger charge is 2.22. The number of H-pyrrole nitrogens is 1. The summed E-state index contributed by atoms with van der Waals surface area (Å²) in [7, 11) is 1.31. The third-order valence-electron chi connectivity index (χ3n) is 2.26. The first-order valence-electron chi connectivity index (χ1n) is 4.79. The SMILES string of the molecule is COC(=O)c1c(C(C)=O)c[nH]c1C(C)C. The molecule has 82 valence electrons. The average Bonchev–Trinajstić information content (AvgIpc) is 2.60. The summed E-state index contributed by atoms with van der Waals surface area (Å²) in [4.78, 5) is 25.8. The van der Waals surface area contributed by atoms with Crippen LogP contribution in [0.1, 0.15) is 53.1 Å². The summed E-state index contributed by atoms with van der Waals surface area (Å²) < 4.78 is 4.67. The van der Waals surface area contributed by atoms with Crippen LogP contribution in [0.25, 0.3) is 0 Å². The third-order valence-corrected chi connectivity index (χ3v) is 2.26. The lowest BCUT2D eigenvalue weighted by atomic mass is 10.0. The second-order valence-electron chi connectivity index (χ2n) is 3.69. The number of methoxy groups -OCH3 is 1. The maximum Gasteiger partial charge on any atom is 0.340 e. The van der Waals surface area contributed by atoms with Gasteiger partial charge in [0, 0.05) is 17.5 Å². The summed E-state index contributed by atoms with van der Waals surface area (Å²) in [6.07, 6.45) is 1.56. The van der Waals surface area contributed by atoms with Crippen LogP contribution in [0.3, 0.4) is 0 Å². The van der Waals surface area contributed by atoms with Gasteiger partial charge in [-0.05, 0) is 12.8 Å². The number of carbonyl (C=O) groups is 2. The number of nitrogens with one attached hydrogen (secondary N) is 1. The number of rotatable bonds is 3. The Balaban J connectivity index is 3.32. The highest BCUT2D eigenvalue weighted by atomic mass is 16.5. The van der Waals surface area contributed by atoms with E-state index in [1.807, 2.05) is 13.8 Å². The van der Waals surface area contributed by atoms with E-state index in [2.05, 4.69) is 9.72 Å². The number of hydrogen-bond donors (Lipinski definition) is 1. The first-order chi connectivity index (χ1) is 6.99. The molecule has 0 amide bonds. The second kappa shape index (κ2) is 4.29. The number of ether oxygens (including phenoxy) is 1. The van der Waals surface area contributed by atoms with E-state index < -0.39 is 5.97 Å². The predicted molar refractivity (Wildman–Crippen MR) is 56.2 cm³/mol. The highest BCUT2D eigenvalue weighted by Crippen LogP contribution is 2.22. The molecule has 0 bridgehead atoms. The molecule has 0 saturated heterocycles. The summed E-state index contributed by atoms with van der Waals surface area (Å²) in [5.41, 5.74) is 1.50. The Morgan fingerprint density at radius 3 is 2.40 bits per heavy atom. The summed E-state index contributed by atoms with van der Waals surface area (Å²) in [6.45, 7) is 5.32. The molecule has 0 atom stereocenters. The maximum absolute atomic E-state index is 11.5. The van der Waals surface area contributed by atoms with Gasteiger partial charge in [0.1, 0.15) is 0 Å². The molecule has 1 rings (SSSR count). The molecule has 1 N–H and O–H groups in total. The van der Waals surface area contributed by atoms with Crippen molar-refractivity contribution in [3.8, 4) is 0 Å². The number of hydrogen-bond acceptors (Lipinski definition) is 3. The molecule has 1 aromatic heterocycles. The van der Waals surface area contributed by atoms with E-state index >= 15 is 0 Å². The zero-order valence-corrected chi connectivity index (χ0v) is 9.38. The third kappa shape index (κ3) is 2.09. The van der Waals surface area contributed by atoms with Gasteiger partial charge in [-0.15, -0.1) is 0 Å². The Labute approximate surface area is 88.6 Å². The number of aromatic amines is 1. The van der Waals surface area contributed by atoms with Crippen LogP contribution >= 0.6 is 0 Å². The van der Waals surface area contributed by atoms with Crippen molar-refractivity contribution in [2.45, 2.75) is 26.7 Å². The van der Waals surface area contributed by atoms with Gasteiger partial charge in [0.15, 0.2) is 5.78 Å². The van der Waals surface area contributed by atoms with Crippen LogP contribution < -0.4 is 0 Å². The van der Waals surface area contributed by atoms with Crippen LogP contribution in [0.15, 0.2) is 6.20 Å². The topological polar surface area (TPSA) is 59.2 Å². The fourth-order valence-corrected chi connectivity index (χ4v) is 1.49. The van der Waals surface area contributed by atoms with Crippen molar-refractivity contribution in [3.05, 3.63) is 23.0 Å². The minimum Gasteiger partial charge on any atom is -0.465 e. The molecule has 0 aliphatic carbocycles. The minimum atomic E-state index is -0.467. The number of carbonyl (C=O) groups excluding carboxylic acids is 2. The molecule has 0 fully saturated rings. The van der Waals surface area contributed by atoms with Gasteiger partial charge in [0.25, 0.3) is 0 Å². The number of aromatic nitrogens is 1. The fourth-order valence-electron chi connectivity index (χ4n) is 1.49. The van der Waals surface area contributed by atoms with Gasteiger partial charge in [-0.1, -0.05) is 13.8 Å². The largest absolute Gasteiger partial charge is 0.465 e. The molecule has 4 heteroatoms. The Bertz CT molecular complexity index is 391. The van der Waals surface area contributed by atoms with Gasteiger partial charge in [0.05, 0.1) is 12.7 Å². The van der Waals surface area contributed by atoms with Crippen molar-refractivity contribution in [1.82, 2.24) is 4.98 Å².